The second-order valence-electron chi connectivity index (χ2n) is 3.14. The lowest BCUT2D eigenvalue weighted by Crippen LogP contribution is -2.11. The van der Waals surface area contributed by atoms with Crippen LogP contribution in [0.5, 0.6) is 0 Å². The van der Waals surface area contributed by atoms with Gasteiger partial charge in [-0.1, -0.05) is 22.0 Å². The maximum atomic E-state index is 11.6. The minimum absolute atomic E-state index is 0.0541. The van der Waals surface area contributed by atoms with Crippen LogP contribution >= 0.6 is 15.9 Å². The number of benzene rings is 1. The van der Waals surface area contributed by atoms with E-state index in [1.165, 1.54) is 0 Å². The highest BCUT2D eigenvalue weighted by Gasteiger charge is 2.15. The number of nitriles is 1. The molecule has 1 rings (SSSR count). The average Bonchev–Trinajstić information content (AvgIpc) is 2.16. The summed E-state index contributed by atoms with van der Waals surface area (Å²) < 4.78 is 0. The van der Waals surface area contributed by atoms with Crippen molar-refractivity contribution < 1.29 is 4.79 Å². The van der Waals surface area contributed by atoms with Gasteiger partial charge in [0, 0.05) is 5.56 Å². The Hall–Kier alpha value is -1.14. The Morgan fingerprint density at radius 1 is 1.57 bits per heavy atom. The third kappa shape index (κ3) is 2.21. The van der Waals surface area contributed by atoms with E-state index in [9.17, 15) is 4.79 Å². The van der Waals surface area contributed by atoms with Crippen molar-refractivity contribution in [2.24, 2.45) is 0 Å². The molecule has 0 fully saturated rings. The normalized spacial score (nSPS) is 11.9. The van der Waals surface area contributed by atoms with E-state index in [4.69, 9.17) is 5.26 Å². The molecule has 1 atom stereocenters. The summed E-state index contributed by atoms with van der Waals surface area (Å²) in [6.45, 7) is 3.65. The number of aryl methyl sites for hydroxylation is 1. The van der Waals surface area contributed by atoms with Crippen LogP contribution in [-0.4, -0.2) is 10.6 Å². The summed E-state index contributed by atoms with van der Waals surface area (Å²) in [5, 5.41) is 8.86. The molecule has 3 heteroatoms. The van der Waals surface area contributed by atoms with Gasteiger partial charge in [-0.2, -0.15) is 5.26 Å². The van der Waals surface area contributed by atoms with Crippen molar-refractivity contribution in [1.82, 2.24) is 0 Å². The number of rotatable bonds is 2. The van der Waals surface area contributed by atoms with E-state index >= 15 is 0 Å². The Kier molecular flexibility index (Phi) is 3.43. The fourth-order valence-electron chi connectivity index (χ4n) is 1.18. The van der Waals surface area contributed by atoms with Gasteiger partial charge in [0.15, 0.2) is 5.78 Å². The lowest BCUT2D eigenvalue weighted by Gasteiger charge is -2.05. The number of hydrogen-bond donors (Lipinski definition) is 0. The van der Waals surface area contributed by atoms with Crippen LogP contribution in [0.25, 0.3) is 0 Å². The third-order valence-corrected chi connectivity index (χ3v) is 2.34. The highest BCUT2D eigenvalue weighted by atomic mass is 79.9. The van der Waals surface area contributed by atoms with Crippen LogP contribution in [0.3, 0.4) is 0 Å². The van der Waals surface area contributed by atoms with Gasteiger partial charge in [-0.15, -0.1) is 0 Å². The van der Waals surface area contributed by atoms with Gasteiger partial charge in [-0.05, 0) is 31.5 Å². The van der Waals surface area contributed by atoms with E-state index < -0.39 is 0 Å². The number of ketones is 1. The number of hydrogen-bond acceptors (Lipinski definition) is 2. The number of Topliss-reactive ketones (excluding diaryl/α,β-unsaturated/α-hetero) is 1. The van der Waals surface area contributed by atoms with Crippen LogP contribution in [0.1, 0.15) is 28.4 Å². The highest BCUT2D eigenvalue weighted by Crippen LogP contribution is 2.15. The SMILES string of the molecule is Cc1ccc(C(=O)C(C)Br)c(C#N)c1. The summed E-state index contributed by atoms with van der Waals surface area (Å²) in [6.07, 6.45) is 0. The van der Waals surface area contributed by atoms with Crippen molar-refractivity contribution in [2.45, 2.75) is 18.7 Å². The summed E-state index contributed by atoms with van der Waals surface area (Å²) in [5.74, 6) is -0.0541. The number of carbonyl (C=O) groups excluding carboxylic acids is 1. The molecular formula is C11H10BrNO. The predicted molar refractivity (Wildman–Crippen MR) is 58.6 cm³/mol. The van der Waals surface area contributed by atoms with Gasteiger partial charge < -0.3 is 0 Å². The standard InChI is InChI=1S/C11H10BrNO/c1-7-3-4-10(9(5-7)6-13)11(14)8(2)12/h3-5,8H,1-2H3. The quantitative estimate of drug-likeness (QED) is 0.599. The molecule has 2 nitrogen and oxygen atoms in total. The van der Waals surface area contributed by atoms with E-state index in [2.05, 4.69) is 15.9 Å². The molecule has 0 spiro atoms. The van der Waals surface area contributed by atoms with Crippen LogP contribution in [0.2, 0.25) is 0 Å². The maximum absolute atomic E-state index is 11.6. The molecule has 72 valence electrons. The molecule has 0 aliphatic rings. The molecule has 14 heavy (non-hydrogen) atoms. The fraction of sp³-hybridized carbons (Fsp3) is 0.273. The molecule has 0 aromatic heterocycles. The topological polar surface area (TPSA) is 40.9 Å². The number of halogens is 1. The van der Waals surface area contributed by atoms with Crippen molar-refractivity contribution >= 4 is 21.7 Å². The Labute approximate surface area is 91.7 Å². The molecule has 0 saturated heterocycles. The second-order valence-corrected chi connectivity index (χ2v) is 4.51. The molecule has 1 unspecified atom stereocenters. The zero-order valence-corrected chi connectivity index (χ0v) is 9.63. The second kappa shape index (κ2) is 4.39. The molecule has 1 aromatic carbocycles. The minimum Gasteiger partial charge on any atom is -0.293 e. The smallest absolute Gasteiger partial charge is 0.177 e. The zero-order valence-electron chi connectivity index (χ0n) is 8.04. The van der Waals surface area contributed by atoms with Gasteiger partial charge in [0.05, 0.1) is 16.5 Å². The molecule has 0 radical (unpaired) electrons. The Balaban J connectivity index is 3.23. The molecule has 0 aliphatic heterocycles. The first-order valence-corrected chi connectivity index (χ1v) is 5.17. The van der Waals surface area contributed by atoms with Crippen molar-refractivity contribution in [1.29, 1.82) is 5.26 Å². The van der Waals surface area contributed by atoms with Gasteiger partial charge >= 0.3 is 0 Å². The van der Waals surface area contributed by atoms with Gasteiger partial charge in [-0.3, -0.25) is 4.79 Å². The Morgan fingerprint density at radius 2 is 2.21 bits per heavy atom. The summed E-state index contributed by atoms with van der Waals surface area (Å²) in [6, 6.07) is 7.29. The zero-order chi connectivity index (χ0) is 10.7. The van der Waals surface area contributed by atoms with Crippen LogP contribution in [0.15, 0.2) is 18.2 Å². The van der Waals surface area contributed by atoms with E-state index in [0.717, 1.165) is 5.56 Å². The van der Waals surface area contributed by atoms with Gasteiger partial charge in [0.25, 0.3) is 0 Å². The first-order chi connectivity index (χ1) is 6.56. The molecule has 0 amide bonds. The lowest BCUT2D eigenvalue weighted by molar-refractivity contribution is 0.0995. The summed E-state index contributed by atoms with van der Waals surface area (Å²) in [5.41, 5.74) is 1.92. The van der Waals surface area contributed by atoms with E-state index in [0.29, 0.717) is 11.1 Å². The van der Waals surface area contributed by atoms with Crippen LogP contribution in [-0.2, 0) is 0 Å². The Morgan fingerprint density at radius 3 is 2.71 bits per heavy atom. The molecule has 0 saturated carbocycles. The van der Waals surface area contributed by atoms with E-state index in [1.54, 1.807) is 19.1 Å². The molecule has 0 bridgehead atoms. The van der Waals surface area contributed by atoms with E-state index in [1.807, 2.05) is 19.1 Å². The summed E-state index contributed by atoms with van der Waals surface area (Å²) in [7, 11) is 0. The van der Waals surface area contributed by atoms with Gasteiger partial charge in [0.1, 0.15) is 0 Å². The summed E-state index contributed by atoms with van der Waals surface area (Å²) >= 11 is 3.20. The van der Waals surface area contributed by atoms with Gasteiger partial charge in [0.2, 0.25) is 0 Å². The average molecular weight is 252 g/mol. The molecule has 0 heterocycles. The summed E-state index contributed by atoms with van der Waals surface area (Å²) in [4.78, 5) is 11.4. The fourth-order valence-corrected chi connectivity index (χ4v) is 1.43. The molecule has 0 aliphatic carbocycles. The predicted octanol–water partition coefficient (Wildman–Crippen LogP) is 2.83. The molecule has 1 aromatic rings. The first kappa shape index (κ1) is 10.9. The number of nitrogens with zero attached hydrogens (tertiary/aromatic N) is 1. The van der Waals surface area contributed by atoms with Crippen molar-refractivity contribution in [3.8, 4) is 6.07 Å². The van der Waals surface area contributed by atoms with Crippen molar-refractivity contribution in [3.05, 3.63) is 34.9 Å². The maximum Gasteiger partial charge on any atom is 0.177 e. The van der Waals surface area contributed by atoms with Crippen molar-refractivity contribution in [2.75, 3.05) is 0 Å². The third-order valence-electron chi connectivity index (χ3n) is 1.92. The van der Waals surface area contributed by atoms with Crippen LogP contribution in [0, 0.1) is 18.3 Å². The van der Waals surface area contributed by atoms with Crippen LogP contribution in [0.4, 0.5) is 0 Å². The Bertz CT molecular complexity index is 404. The highest BCUT2D eigenvalue weighted by molar-refractivity contribution is 9.10. The van der Waals surface area contributed by atoms with Gasteiger partial charge in [-0.25, -0.2) is 0 Å². The van der Waals surface area contributed by atoms with Crippen molar-refractivity contribution in [3.63, 3.8) is 0 Å². The molecule has 0 N–H and O–H groups in total. The monoisotopic (exact) mass is 251 g/mol. The minimum atomic E-state index is -0.252. The number of carbonyl (C=O) groups is 1. The van der Waals surface area contributed by atoms with E-state index in [-0.39, 0.29) is 10.6 Å². The first-order valence-electron chi connectivity index (χ1n) is 4.25. The lowest BCUT2D eigenvalue weighted by atomic mass is 10.0. The number of alkyl halides is 1. The molecular weight excluding hydrogens is 242 g/mol. The van der Waals surface area contributed by atoms with Crippen LogP contribution < -0.4 is 0 Å². The largest absolute Gasteiger partial charge is 0.293 e.